The number of fused-ring (bicyclic) bond motifs is 1. The van der Waals surface area contributed by atoms with Crippen LogP contribution in [0.2, 0.25) is 0 Å². The van der Waals surface area contributed by atoms with E-state index in [1.54, 1.807) is 29.7 Å². The van der Waals surface area contributed by atoms with Crippen LogP contribution in [0.3, 0.4) is 0 Å². The molecule has 0 N–H and O–H groups in total. The van der Waals surface area contributed by atoms with Gasteiger partial charge in [0.25, 0.3) is 0 Å². The summed E-state index contributed by atoms with van der Waals surface area (Å²) in [7, 11) is -3.24. The Morgan fingerprint density at radius 1 is 1.38 bits per heavy atom. The predicted molar refractivity (Wildman–Crippen MR) is 83.7 cm³/mol. The van der Waals surface area contributed by atoms with E-state index in [-0.39, 0.29) is 0 Å². The number of benzene rings is 1. The molecule has 1 heterocycles. The lowest BCUT2D eigenvalue weighted by Crippen LogP contribution is -2.21. The van der Waals surface area contributed by atoms with E-state index in [0.717, 1.165) is 12.7 Å². The van der Waals surface area contributed by atoms with Crippen molar-refractivity contribution in [1.82, 2.24) is 4.57 Å². The largest absolute Gasteiger partial charge is 0.419 e. The average molecular weight is 332 g/mol. The van der Waals surface area contributed by atoms with Crippen LogP contribution in [0.15, 0.2) is 27.4 Å². The predicted octanol–water partition coefficient (Wildman–Crippen LogP) is 2.72. The molecule has 0 aliphatic carbocycles. The van der Waals surface area contributed by atoms with Crippen molar-refractivity contribution in [2.75, 3.05) is 6.26 Å². The Morgan fingerprint density at radius 2 is 2.05 bits per heavy atom. The maximum absolute atomic E-state index is 11.8. The molecule has 0 spiro atoms. The molecule has 0 saturated heterocycles. The summed E-state index contributed by atoms with van der Waals surface area (Å²) in [5.41, 5.74) is 1.75. The Balaban J connectivity index is 2.47. The fourth-order valence-electron chi connectivity index (χ4n) is 2.18. The zero-order valence-electron chi connectivity index (χ0n) is 12.2. The van der Waals surface area contributed by atoms with E-state index < -0.39 is 26.2 Å². The van der Waals surface area contributed by atoms with Crippen LogP contribution in [0.5, 0.6) is 0 Å². The Hall–Kier alpha value is -1.27. The van der Waals surface area contributed by atoms with Gasteiger partial charge in [0.2, 0.25) is 0 Å². The zero-order chi connectivity index (χ0) is 15.8. The van der Waals surface area contributed by atoms with Crippen LogP contribution >= 0.6 is 11.6 Å². The fraction of sp³-hybridized carbons (Fsp3) is 0.500. The molecular weight excluding hydrogens is 314 g/mol. The Morgan fingerprint density at radius 3 is 2.62 bits per heavy atom. The molecule has 1 aromatic heterocycles. The molecule has 0 aliphatic heterocycles. The minimum Gasteiger partial charge on any atom is -0.408 e. The molecule has 0 bridgehead atoms. The molecule has 116 valence electrons. The second kappa shape index (κ2) is 5.85. The quantitative estimate of drug-likeness (QED) is 0.790. The van der Waals surface area contributed by atoms with Crippen LogP contribution in [-0.4, -0.2) is 24.5 Å². The monoisotopic (exact) mass is 331 g/mol. The van der Waals surface area contributed by atoms with Gasteiger partial charge in [-0.25, -0.2) is 13.2 Å². The molecule has 0 fully saturated rings. The molecule has 1 aromatic carbocycles. The Kier molecular flexibility index (Phi) is 4.49. The van der Waals surface area contributed by atoms with Gasteiger partial charge in [0.05, 0.1) is 16.1 Å². The van der Waals surface area contributed by atoms with Gasteiger partial charge in [-0.2, -0.15) is 0 Å². The van der Waals surface area contributed by atoms with Crippen molar-refractivity contribution in [1.29, 1.82) is 0 Å². The SMILES string of the molecule is CCCn1c(=O)oc2cc(C(Cl)C(C)S(C)(=O)=O)ccc21. The Bertz CT molecular complexity index is 806. The van der Waals surface area contributed by atoms with Gasteiger partial charge in [-0.3, -0.25) is 4.57 Å². The highest BCUT2D eigenvalue weighted by Crippen LogP contribution is 2.30. The number of aryl methyl sites for hydroxylation is 1. The molecule has 7 heteroatoms. The van der Waals surface area contributed by atoms with Crippen molar-refractivity contribution in [3.63, 3.8) is 0 Å². The summed E-state index contributed by atoms with van der Waals surface area (Å²) >= 11 is 6.24. The molecule has 0 aliphatic rings. The highest BCUT2D eigenvalue weighted by Gasteiger charge is 2.26. The van der Waals surface area contributed by atoms with Crippen LogP contribution < -0.4 is 5.76 Å². The number of aromatic nitrogens is 1. The first-order valence-corrected chi connectivity index (χ1v) is 9.11. The van der Waals surface area contributed by atoms with E-state index in [2.05, 4.69) is 0 Å². The third-order valence-corrected chi connectivity index (χ3v) is 5.95. The standard InChI is InChI=1S/C14H18ClNO4S/c1-4-7-16-11-6-5-10(8-12(11)20-14(16)17)13(15)9(2)21(3,18)19/h5-6,8-9,13H,4,7H2,1-3H3. The Labute approximate surface area is 128 Å². The molecule has 2 atom stereocenters. The van der Waals surface area contributed by atoms with Crippen LogP contribution in [0.1, 0.15) is 31.2 Å². The molecule has 0 amide bonds. The second-order valence-corrected chi connectivity index (χ2v) is 8.06. The van der Waals surface area contributed by atoms with Crippen molar-refractivity contribution in [2.45, 2.75) is 37.4 Å². The minimum atomic E-state index is -3.24. The molecule has 2 unspecified atom stereocenters. The molecule has 5 nitrogen and oxygen atoms in total. The smallest absolute Gasteiger partial charge is 0.408 e. The molecule has 21 heavy (non-hydrogen) atoms. The van der Waals surface area contributed by atoms with Crippen molar-refractivity contribution in [2.24, 2.45) is 0 Å². The summed E-state index contributed by atoms with van der Waals surface area (Å²) < 4.78 is 29.9. The van der Waals surface area contributed by atoms with Crippen LogP contribution in [0.25, 0.3) is 11.1 Å². The lowest BCUT2D eigenvalue weighted by molar-refractivity contribution is 0.502. The molecule has 2 rings (SSSR count). The number of hydrogen-bond acceptors (Lipinski definition) is 4. The zero-order valence-corrected chi connectivity index (χ0v) is 13.7. The second-order valence-electron chi connectivity index (χ2n) is 5.18. The third-order valence-electron chi connectivity index (χ3n) is 3.55. The van der Waals surface area contributed by atoms with E-state index in [0.29, 0.717) is 23.2 Å². The van der Waals surface area contributed by atoms with Gasteiger partial charge in [-0.05, 0) is 31.0 Å². The van der Waals surface area contributed by atoms with E-state index in [1.165, 1.54) is 0 Å². The van der Waals surface area contributed by atoms with Crippen molar-refractivity contribution in [3.8, 4) is 0 Å². The summed E-state index contributed by atoms with van der Waals surface area (Å²) in [4.78, 5) is 11.8. The fourth-order valence-corrected chi connectivity index (χ4v) is 3.47. The normalized spacial score (nSPS) is 15.2. The molecule has 0 radical (unpaired) electrons. The van der Waals surface area contributed by atoms with Gasteiger partial charge in [0.15, 0.2) is 15.4 Å². The minimum absolute atomic E-state index is 0.411. The van der Waals surface area contributed by atoms with Gasteiger partial charge in [-0.15, -0.1) is 11.6 Å². The highest BCUT2D eigenvalue weighted by molar-refractivity contribution is 7.91. The molecule has 2 aromatic rings. The summed E-state index contributed by atoms with van der Waals surface area (Å²) in [6, 6.07) is 5.13. The first-order chi connectivity index (χ1) is 9.75. The average Bonchev–Trinajstić information content (AvgIpc) is 2.72. The summed E-state index contributed by atoms with van der Waals surface area (Å²) in [6.07, 6.45) is 1.98. The van der Waals surface area contributed by atoms with E-state index >= 15 is 0 Å². The first kappa shape index (κ1) is 16.1. The van der Waals surface area contributed by atoms with Gasteiger partial charge in [-0.1, -0.05) is 13.0 Å². The number of rotatable bonds is 5. The summed E-state index contributed by atoms with van der Waals surface area (Å²) in [5, 5.41) is -1.41. The van der Waals surface area contributed by atoms with E-state index in [4.69, 9.17) is 16.0 Å². The number of nitrogens with zero attached hydrogens (tertiary/aromatic N) is 1. The van der Waals surface area contributed by atoms with Gasteiger partial charge < -0.3 is 4.42 Å². The van der Waals surface area contributed by atoms with E-state index in [1.807, 2.05) is 6.92 Å². The molecule has 0 saturated carbocycles. The van der Waals surface area contributed by atoms with Crippen LogP contribution in [0, 0.1) is 0 Å². The summed E-state index contributed by atoms with van der Waals surface area (Å²) in [5.74, 6) is -0.411. The van der Waals surface area contributed by atoms with E-state index in [9.17, 15) is 13.2 Å². The number of halogens is 1. The highest BCUT2D eigenvalue weighted by atomic mass is 35.5. The summed E-state index contributed by atoms with van der Waals surface area (Å²) in [6.45, 7) is 4.12. The number of sulfone groups is 1. The van der Waals surface area contributed by atoms with Crippen molar-refractivity contribution >= 4 is 32.5 Å². The maximum atomic E-state index is 11.8. The topological polar surface area (TPSA) is 69.3 Å². The van der Waals surface area contributed by atoms with Crippen molar-refractivity contribution in [3.05, 3.63) is 34.3 Å². The molecular formula is C14H18ClNO4S. The van der Waals surface area contributed by atoms with Gasteiger partial charge in [0.1, 0.15) is 0 Å². The van der Waals surface area contributed by atoms with Gasteiger partial charge >= 0.3 is 5.76 Å². The van der Waals surface area contributed by atoms with Gasteiger partial charge in [0, 0.05) is 12.8 Å². The number of oxazole rings is 1. The number of alkyl halides is 1. The number of hydrogen-bond donors (Lipinski definition) is 0. The first-order valence-electron chi connectivity index (χ1n) is 6.72. The maximum Gasteiger partial charge on any atom is 0.419 e. The third kappa shape index (κ3) is 3.16. The van der Waals surface area contributed by atoms with Crippen LogP contribution in [-0.2, 0) is 16.4 Å². The van der Waals surface area contributed by atoms with Crippen LogP contribution in [0.4, 0.5) is 0 Å². The lowest BCUT2D eigenvalue weighted by Gasteiger charge is -2.16. The van der Waals surface area contributed by atoms with Crippen molar-refractivity contribution < 1.29 is 12.8 Å². The lowest BCUT2D eigenvalue weighted by atomic mass is 10.1.